The van der Waals surface area contributed by atoms with Gasteiger partial charge in [-0.25, -0.2) is 0 Å². The number of hydrogen-bond acceptors (Lipinski definition) is 1. The van der Waals surface area contributed by atoms with Crippen molar-refractivity contribution in [3.8, 4) is 0 Å². The molecule has 21 heavy (non-hydrogen) atoms. The lowest BCUT2D eigenvalue weighted by Crippen LogP contribution is -2.02. The van der Waals surface area contributed by atoms with Gasteiger partial charge in [0, 0.05) is 0 Å². The number of rotatable bonds is 0. The number of hydrogen-bond donors (Lipinski definition) is 1. The van der Waals surface area contributed by atoms with Gasteiger partial charge in [-0.2, -0.15) is 0 Å². The van der Waals surface area contributed by atoms with Crippen LogP contribution in [-0.2, 0) is 0 Å². The predicted octanol–water partition coefficient (Wildman–Crippen LogP) is 5.25. The highest BCUT2D eigenvalue weighted by Gasteiger charge is 2.20. The van der Waals surface area contributed by atoms with Gasteiger partial charge in [-0.05, 0) is 34.8 Å². The van der Waals surface area contributed by atoms with Crippen molar-refractivity contribution in [1.82, 2.24) is 0 Å². The third kappa shape index (κ3) is 3.39. The van der Waals surface area contributed by atoms with Crippen LogP contribution in [0.5, 0.6) is 0 Å². The molecule has 0 heterocycles. The average Bonchev–Trinajstić information content (AvgIpc) is 2.68. The van der Waals surface area contributed by atoms with Gasteiger partial charge in [-0.1, -0.05) is 54.6 Å². The second kappa shape index (κ2) is 8.03. The van der Waals surface area contributed by atoms with E-state index in [9.17, 15) is 5.11 Å². The van der Waals surface area contributed by atoms with Crippen molar-refractivity contribution in [1.29, 1.82) is 0 Å². The summed E-state index contributed by atoms with van der Waals surface area (Å²) < 4.78 is 0. The van der Waals surface area contributed by atoms with Crippen LogP contribution in [0.15, 0.2) is 74.8 Å². The van der Waals surface area contributed by atoms with E-state index in [-0.39, 0.29) is 0 Å². The fourth-order valence-electron chi connectivity index (χ4n) is 2.46. The second-order valence-corrected chi connectivity index (χ2v) is 4.45. The molecule has 0 spiro atoms. The molecular formula is C20H22O. The number of allylic oxidation sites excluding steroid dienone is 1. The molecule has 108 valence electrons. The molecule has 0 amide bonds. The molecule has 2 aromatic carbocycles. The van der Waals surface area contributed by atoms with E-state index in [1.165, 1.54) is 5.57 Å². The normalized spacial score (nSPS) is 14.8. The molecule has 1 atom stereocenters. The summed E-state index contributed by atoms with van der Waals surface area (Å²) >= 11 is 0. The van der Waals surface area contributed by atoms with Gasteiger partial charge in [0.2, 0.25) is 0 Å². The Balaban J connectivity index is 0.000000510. The van der Waals surface area contributed by atoms with Crippen LogP contribution in [0.4, 0.5) is 0 Å². The largest absolute Gasteiger partial charge is 0.384 e. The standard InChI is InChI=1S/C16H14O.2C2H4/c1-11-10-12-6-2-3-8-14(12)16(17)15-9-5-4-7-13(11)15;2*1-2/h2-10,16-17H,1H3;2*1-2H2. The molecule has 1 nitrogen and oxygen atoms in total. The molecule has 2 aromatic rings. The minimum absolute atomic E-state index is 0.531. The zero-order chi connectivity index (χ0) is 15.8. The van der Waals surface area contributed by atoms with E-state index in [0.29, 0.717) is 0 Å². The topological polar surface area (TPSA) is 20.2 Å². The summed E-state index contributed by atoms with van der Waals surface area (Å²) in [6, 6.07) is 16.1. The lowest BCUT2D eigenvalue weighted by molar-refractivity contribution is 0.220. The summed E-state index contributed by atoms with van der Waals surface area (Å²) in [6.07, 6.45) is 1.61. The van der Waals surface area contributed by atoms with Gasteiger partial charge in [0.1, 0.15) is 6.10 Å². The minimum Gasteiger partial charge on any atom is -0.384 e. The highest BCUT2D eigenvalue weighted by Crippen LogP contribution is 2.35. The van der Waals surface area contributed by atoms with Crippen molar-refractivity contribution < 1.29 is 5.11 Å². The third-order valence-corrected chi connectivity index (χ3v) is 3.34. The molecule has 1 aliphatic carbocycles. The van der Waals surface area contributed by atoms with Gasteiger partial charge in [0.15, 0.2) is 0 Å². The average molecular weight is 278 g/mol. The van der Waals surface area contributed by atoms with E-state index in [2.05, 4.69) is 45.4 Å². The SMILES string of the molecule is C=C.C=C.CC1=Cc2ccccc2C(O)c2ccccc21. The fraction of sp³-hybridized carbons (Fsp3) is 0.100. The quantitative estimate of drug-likeness (QED) is 0.653. The van der Waals surface area contributed by atoms with Crippen molar-refractivity contribution >= 4 is 11.6 Å². The summed E-state index contributed by atoms with van der Waals surface area (Å²) in [5, 5.41) is 10.5. The van der Waals surface area contributed by atoms with Crippen molar-refractivity contribution in [2.75, 3.05) is 0 Å². The summed E-state index contributed by atoms with van der Waals surface area (Å²) in [4.78, 5) is 0. The monoisotopic (exact) mass is 278 g/mol. The van der Waals surface area contributed by atoms with Crippen LogP contribution in [0, 0.1) is 0 Å². The molecule has 1 N–H and O–H groups in total. The number of aliphatic hydroxyl groups excluding tert-OH is 1. The molecule has 0 saturated heterocycles. The van der Waals surface area contributed by atoms with E-state index in [4.69, 9.17) is 0 Å². The maximum atomic E-state index is 10.5. The van der Waals surface area contributed by atoms with E-state index >= 15 is 0 Å². The number of aliphatic hydroxyl groups is 1. The highest BCUT2D eigenvalue weighted by atomic mass is 16.3. The van der Waals surface area contributed by atoms with Gasteiger partial charge < -0.3 is 5.11 Å². The van der Waals surface area contributed by atoms with E-state index < -0.39 is 6.10 Å². The first-order valence-corrected chi connectivity index (χ1v) is 6.82. The molecule has 0 aromatic heterocycles. The maximum absolute atomic E-state index is 10.5. The third-order valence-electron chi connectivity index (χ3n) is 3.34. The fourth-order valence-corrected chi connectivity index (χ4v) is 2.46. The molecule has 1 aliphatic rings. The molecule has 1 unspecified atom stereocenters. The lowest BCUT2D eigenvalue weighted by atomic mass is 9.96. The van der Waals surface area contributed by atoms with Crippen molar-refractivity contribution in [3.05, 3.63) is 97.1 Å². The first-order valence-electron chi connectivity index (χ1n) is 6.82. The van der Waals surface area contributed by atoms with E-state index in [0.717, 1.165) is 22.3 Å². The molecule has 0 bridgehead atoms. The lowest BCUT2D eigenvalue weighted by Gasteiger charge is -2.14. The Hall–Kier alpha value is -2.38. The van der Waals surface area contributed by atoms with Crippen LogP contribution in [0.25, 0.3) is 11.6 Å². The van der Waals surface area contributed by atoms with Crippen LogP contribution in [0.1, 0.15) is 35.3 Å². The Labute approximate surface area is 127 Å². The Kier molecular flexibility index (Phi) is 6.38. The van der Waals surface area contributed by atoms with Gasteiger partial charge in [-0.15, -0.1) is 26.3 Å². The van der Waals surface area contributed by atoms with Gasteiger partial charge in [-0.3, -0.25) is 0 Å². The summed E-state index contributed by atoms with van der Waals surface area (Å²) in [5.41, 5.74) is 5.41. The van der Waals surface area contributed by atoms with Crippen molar-refractivity contribution in [2.24, 2.45) is 0 Å². The number of benzene rings is 2. The van der Waals surface area contributed by atoms with E-state index in [1.54, 1.807) is 0 Å². The number of fused-ring (bicyclic) bond motifs is 2. The van der Waals surface area contributed by atoms with Crippen LogP contribution in [0.3, 0.4) is 0 Å². The Morgan fingerprint density at radius 3 is 2.00 bits per heavy atom. The molecule has 0 saturated carbocycles. The summed E-state index contributed by atoms with van der Waals surface area (Å²) in [6.45, 7) is 14.1. The zero-order valence-corrected chi connectivity index (χ0v) is 12.5. The molecule has 0 fully saturated rings. The van der Waals surface area contributed by atoms with E-state index in [1.807, 2.05) is 42.5 Å². The Bertz CT molecular complexity index is 623. The highest BCUT2D eigenvalue weighted by molar-refractivity contribution is 5.84. The van der Waals surface area contributed by atoms with Crippen molar-refractivity contribution in [3.63, 3.8) is 0 Å². The Morgan fingerprint density at radius 2 is 1.33 bits per heavy atom. The van der Waals surface area contributed by atoms with Crippen LogP contribution >= 0.6 is 0 Å². The minimum atomic E-state index is -0.531. The van der Waals surface area contributed by atoms with Gasteiger partial charge in [0.05, 0.1) is 0 Å². The second-order valence-electron chi connectivity index (χ2n) is 4.45. The maximum Gasteiger partial charge on any atom is 0.105 e. The smallest absolute Gasteiger partial charge is 0.105 e. The summed E-state index contributed by atoms with van der Waals surface area (Å²) in [7, 11) is 0. The van der Waals surface area contributed by atoms with Gasteiger partial charge >= 0.3 is 0 Å². The van der Waals surface area contributed by atoms with Gasteiger partial charge in [0.25, 0.3) is 0 Å². The first-order chi connectivity index (χ1) is 10.3. The molecule has 0 radical (unpaired) electrons. The predicted molar refractivity (Wildman–Crippen MR) is 93.0 cm³/mol. The van der Waals surface area contributed by atoms with Crippen LogP contribution < -0.4 is 0 Å². The Morgan fingerprint density at radius 1 is 0.810 bits per heavy atom. The molecule has 3 rings (SSSR count). The molecule has 0 aliphatic heterocycles. The summed E-state index contributed by atoms with van der Waals surface area (Å²) in [5.74, 6) is 0. The zero-order valence-electron chi connectivity index (χ0n) is 12.5. The van der Waals surface area contributed by atoms with Crippen molar-refractivity contribution in [2.45, 2.75) is 13.0 Å². The molecular weight excluding hydrogens is 256 g/mol. The molecule has 1 heteroatoms. The first kappa shape index (κ1) is 16.7. The van der Waals surface area contributed by atoms with Crippen LogP contribution in [-0.4, -0.2) is 5.11 Å². The van der Waals surface area contributed by atoms with Crippen LogP contribution in [0.2, 0.25) is 0 Å².